The molecule has 3 heteroatoms. The predicted octanol–water partition coefficient (Wildman–Crippen LogP) is 4.24. The van der Waals surface area contributed by atoms with Crippen molar-refractivity contribution in [3.63, 3.8) is 0 Å². The average molecular weight is 246 g/mol. The van der Waals surface area contributed by atoms with Crippen molar-refractivity contribution in [2.75, 3.05) is 5.32 Å². The highest BCUT2D eigenvalue weighted by molar-refractivity contribution is 7.15. The van der Waals surface area contributed by atoms with Gasteiger partial charge in [0.1, 0.15) is 0 Å². The highest BCUT2D eigenvalue weighted by Crippen LogP contribution is 2.25. The second-order valence-electron chi connectivity index (χ2n) is 4.44. The minimum atomic E-state index is 0.292. The Morgan fingerprint density at radius 1 is 1.12 bits per heavy atom. The number of nitrogens with one attached hydrogen (secondary N) is 1. The van der Waals surface area contributed by atoms with E-state index in [1.807, 2.05) is 6.92 Å². The fourth-order valence-corrected chi connectivity index (χ4v) is 2.56. The predicted molar refractivity (Wildman–Crippen MR) is 74.8 cm³/mol. The molecular formula is C14H18N2S. The molecule has 1 unspecified atom stereocenters. The Morgan fingerprint density at radius 2 is 1.76 bits per heavy atom. The third-order valence-corrected chi connectivity index (χ3v) is 3.95. The third-order valence-electron chi connectivity index (χ3n) is 2.95. The van der Waals surface area contributed by atoms with E-state index in [9.17, 15) is 0 Å². The fraction of sp³-hybridized carbons (Fsp3) is 0.357. The molecule has 1 N–H and O–H groups in total. The van der Waals surface area contributed by atoms with Crippen molar-refractivity contribution in [3.05, 3.63) is 46.0 Å². The number of hydrogen-bond acceptors (Lipinski definition) is 3. The van der Waals surface area contributed by atoms with Crippen LogP contribution < -0.4 is 5.32 Å². The van der Waals surface area contributed by atoms with Crippen molar-refractivity contribution in [1.29, 1.82) is 0 Å². The van der Waals surface area contributed by atoms with Gasteiger partial charge in [0.25, 0.3) is 0 Å². The molecule has 0 radical (unpaired) electrons. The van der Waals surface area contributed by atoms with Gasteiger partial charge in [0, 0.05) is 4.88 Å². The van der Waals surface area contributed by atoms with Gasteiger partial charge in [-0.25, -0.2) is 4.98 Å². The largest absolute Gasteiger partial charge is 0.355 e. The van der Waals surface area contributed by atoms with E-state index in [1.165, 1.54) is 16.0 Å². The van der Waals surface area contributed by atoms with Gasteiger partial charge < -0.3 is 5.32 Å². The third kappa shape index (κ3) is 2.86. The summed E-state index contributed by atoms with van der Waals surface area (Å²) in [6.45, 7) is 8.43. The number of aromatic nitrogens is 1. The van der Waals surface area contributed by atoms with Crippen LogP contribution in [0.2, 0.25) is 0 Å². The number of benzene rings is 1. The van der Waals surface area contributed by atoms with Gasteiger partial charge in [-0.15, -0.1) is 11.3 Å². The molecule has 0 spiro atoms. The number of hydrogen-bond donors (Lipinski definition) is 1. The maximum absolute atomic E-state index is 4.50. The lowest BCUT2D eigenvalue weighted by atomic mass is 10.1. The molecule has 2 aromatic rings. The Kier molecular flexibility index (Phi) is 3.48. The van der Waals surface area contributed by atoms with E-state index in [-0.39, 0.29) is 0 Å². The lowest BCUT2D eigenvalue weighted by Crippen LogP contribution is -2.06. The van der Waals surface area contributed by atoms with Gasteiger partial charge in [0.05, 0.1) is 11.7 Å². The molecule has 0 fully saturated rings. The van der Waals surface area contributed by atoms with Crippen LogP contribution in [0.1, 0.15) is 34.7 Å². The molecule has 0 aliphatic heterocycles. The summed E-state index contributed by atoms with van der Waals surface area (Å²) in [6, 6.07) is 8.92. The topological polar surface area (TPSA) is 24.9 Å². The number of thiazole rings is 1. The molecule has 1 atom stereocenters. The van der Waals surface area contributed by atoms with Crippen LogP contribution in [0.3, 0.4) is 0 Å². The van der Waals surface area contributed by atoms with Crippen molar-refractivity contribution in [1.82, 2.24) is 4.98 Å². The summed E-state index contributed by atoms with van der Waals surface area (Å²) >= 11 is 1.72. The highest BCUT2D eigenvalue weighted by atomic mass is 32.1. The van der Waals surface area contributed by atoms with Gasteiger partial charge in [-0.2, -0.15) is 0 Å². The summed E-state index contributed by atoms with van der Waals surface area (Å²) in [5.41, 5.74) is 3.71. The van der Waals surface area contributed by atoms with Crippen molar-refractivity contribution in [2.45, 2.75) is 33.7 Å². The summed E-state index contributed by atoms with van der Waals surface area (Å²) in [7, 11) is 0. The van der Waals surface area contributed by atoms with Crippen LogP contribution >= 0.6 is 11.3 Å². The molecule has 0 saturated heterocycles. The van der Waals surface area contributed by atoms with E-state index in [4.69, 9.17) is 0 Å². The van der Waals surface area contributed by atoms with E-state index in [1.54, 1.807) is 11.3 Å². The second-order valence-corrected chi connectivity index (χ2v) is 5.64. The monoisotopic (exact) mass is 246 g/mol. The molecular weight excluding hydrogens is 228 g/mol. The normalized spacial score (nSPS) is 12.5. The van der Waals surface area contributed by atoms with Crippen molar-refractivity contribution >= 4 is 16.5 Å². The molecule has 17 heavy (non-hydrogen) atoms. The van der Waals surface area contributed by atoms with Gasteiger partial charge in [-0.1, -0.05) is 29.8 Å². The molecule has 0 bridgehead atoms. The zero-order valence-electron chi connectivity index (χ0n) is 10.7. The van der Waals surface area contributed by atoms with Crippen LogP contribution in [0.25, 0.3) is 0 Å². The molecule has 1 heterocycles. The van der Waals surface area contributed by atoms with E-state index in [0.29, 0.717) is 6.04 Å². The van der Waals surface area contributed by atoms with Gasteiger partial charge in [-0.05, 0) is 33.3 Å². The lowest BCUT2D eigenvalue weighted by Gasteiger charge is -2.13. The smallest absolute Gasteiger partial charge is 0.183 e. The Labute approximate surface area is 107 Å². The van der Waals surface area contributed by atoms with Crippen LogP contribution in [0, 0.1) is 20.8 Å². The van der Waals surface area contributed by atoms with Crippen LogP contribution in [-0.2, 0) is 0 Å². The first-order valence-corrected chi connectivity index (χ1v) is 6.65. The van der Waals surface area contributed by atoms with Crippen molar-refractivity contribution in [3.8, 4) is 0 Å². The Bertz CT molecular complexity index is 480. The maximum Gasteiger partial charge on any atom is 0.183 e. The van der Waals surface area contributed by atoms with Crippen LogP contribution in [0.5, 0.6) is 0 Å². The van der Waals surface area contributed by atoms with Crippen LogP contribution in [-0.4, -0.2) is 4.98 Å². The molecule has 0 amide bonds. The Hall–Kier alpha value is -1.35. The van der Waals surface area contributed by atoms with Crippen LogP contribution in [0.15, 0.2) is 24.3 Å². The van der Waals surface area contributed by atoms with Gasteiger partial charge in [-0.3, -0.25) is 0 Å². The quantitative estimate of drug-likeness (QED) is 0.876. The SMILES string of the molecule is Cc1ccc(C(C)Nc2nc(C)c(C)s2)cc1. The van der Waals surface area contributed by atoms with E-state index in [2.05, 4.69) is 55.3 Å². The van der Waals surface area contributed by atoms with Gasteiger partial charge >= 0.3 is 0 Å². The Morgan fingerprint density at radius 3 is 2.29 bits per heavy atom. The zero-order chi connectivity index (χ0) is 12.4. The minimum Gasteiger partial charge on any atom is -0.355 e. The molecule has 2 nitrogen and oxygen atoms in total. The molecule has 0 saturated carbocycles. The summed E-state index contributed by atoms with van der Waals surface area (Å²) in [6.07, 6.45) is 0. The second kappa shape index (κ2) is 4.88. The number of anilines is 1. The first-order chi connectivity index (χ1) is 8.06. The molecule has 0 aliphatic rings. The zero-order valence-corrected chi connectivity index (χ0v) is 11.6. The summed E-state index contributed by atoms with van der Waals surface area (Å²) in [4.78, 5) is 5.78. The van der Waals surface area contributed by atoms with E-state index >= 15 is 0 Å². The first kappa shape index (κ1) is 12.1. The first-order valence-electron chi connectivity index (χ1n) is 5.83. The molecule has 1 aromatic heterocycles. The average Bonchev–Trinajstić information content (AvgIpc) is 2.58. The lowest BCUT2D eigenvalue weighted by molar-refractivity contribution is 0.879. The summed E-state index contributed by atoms with van der Waals surface area (Å²) in [5.74, 6) is 0. The van der Waals surface area contributed by atoms with Crippen LogP contribution in [0.4, 0.5) is 5.13 Å². The van der Waals surface area contributed by atoms with Crippen molar-refractivity contribution in [2.24, 2.45) is 0 Å². The molecule has 90 valence electrons. The Balaban J connectivity index is 2.11. The summed E-state index contributed by atoms with van der Waals surface area (Å²) < 4.78 is 0. The maximum atomic E-state index is 4.50. The number of nitrogens with zero attached hydrogens (tertiary/aromatic N) is 1. The molecule has 0 aliphatic carbocycles. The fourth-order valence-electron chi connectivity index (χ4n) is 1.66. The summed E-state index contributed by atoms with van der Waals surface area (Å²) in [5, 5.41) is 4.45. The minimum absolute atomic E-state index is 0.292. The van der Waals surface area contributed by atoms with E-state index in [0.717, 1.165) is 10.8 Å². The van der Waals surface area contributed by atoms with Gasteiger partial charge in [0.2, 0.25) is 0 Å². The number of rotatable bonds is 3. The van der Waals surface area contributed by atoms with Crippen molar-refractivity contribution < 1.29 is 0 Å². The highest BCUT2D eigenvalue weighted by Gasteiger charge is 2.08. The van der Waals surface area contributed by atoms with E-state index < -0.39 is 0 Å². The molecule has 1 aromatic carbocycles. The molecule has 2 rings (SSSR count). The number of aryl methyl sites for hydroxylation is 3. The van der Waals surface area contributed by atoms with Gasteiger partial charge in [0.15, 0.2) is 5.13 Å². The standard InChI is InChI=1S/C14H18N2S/c1-9-5-7-13(8-6-9)11(3)16-14-15-10(2)12(4)17-14/h5-8,11H,1-4H3,(H,15,16).